The zero-order valence-corrected chi connectivity index (χ0v) is 16.6. The molecule has 0 bridgehead atoms. The molecule has 0 aromatic heterocycles. The van der Waals surface area contributed by atoms with Crippen molar-refractivity contribution in [2.75, 3.05) is 19.8 Å². The lowest BCUT2D eigenvalue weighted by molar-refractivity contribution is -0.140. The van der Waals surface area contributed by atoms with E-state index in [0.717, 1.165) is 16.7 Å². The van der Waals surface area contributed by atoms with Crippen molar-refractivity contribution < 1.29 is 19.3 Å². The van der Waals surface area contributed by atoms with Gasteiger partial charge in [0.05, 0.1) is 39.6 Å². The highest BCUT2D eigenvalue weighted by Gasteiger charge is 2.28. The van der Waals surface area contributed by atoms with E-state index >= 15 is 0 Å². The first-order valence-corrected chi connectivity index (χ1v) is 9.81. The molecule has 0 spiro atoms. The molecule has 3 aromatic carbocycles. The Hall–Kier alpha value is -2.50. The van der Waals surface area contributed by atoms with Gasteiger partial charge < -0.3 is 19.3 Å². The zero-order valence-electron chi connectivity index (χ0n) is 16.6. The summed E-state index contributed by atoms with van der Waals surface area (Å²) in [6, 6.07) is 29.7. The second-order valence-electron chi connectivity index (χ2n) is 7.16. The van der Waals surface area contributed by atoms with Crippen LogP contribution in [0.25, 0.3) is 0 Å². The molecule has 1 N–H and O–H groups in total. The fraction of sp³-hybridized carbons (Fsp3) is 0.280. The molecule has 3 rings (SSSR count). The topological polar surface area (TPSA) is 47.9 Å². The van der Waals surface area contributed by atoms with E-state index in [2.05, 4.69) is 0 Å². The van der Waals surface area contributed by atoms with E-state index in [1.165, 1.54) is 0 Å². The van der Waals surface area contributed by atoms with Gasteiger partial charge in [-0.15, -0.1) is 0 Å². The third-order valence-corrected chi connectivity index (χ3v) is 4.45. The number of benzene rings is 3. The summed E-state index contributed by atoms with van der Waals surface area (Å²) in [5, 5.41) is 11.1. The van der Waals surface area contributed by atoms with Gasteiger partial charge in [-0.2, -0.15) is 0 Å². The lowest BCUT2D eigenvalue weighted by Crippen LogP contribution is -2.44. The molecule has 4 nitrogen and oxygen atoms in total. The van der Waals surface area contributed by atoms with Crippen molar-refractivity contribution in [3.8, 4) is 0 Å². The number of hydrogen-bond donors (Lipinski definition) is 1. The van der Waals surface area contributed by atoms with Crippen molar-refractivity contribution in [1.82, 2.24) is 0 Å². The van der Waals surface area contributed by atoms with Crippen LogP contribution in [0.3, 0.4) is 0 Å². The molecule has 0 saturated heterocycles. The molecule has 0 aliphatic carbocycles. The number of hydrogen-bond acceptors (Lipinski definition) is 4. The van der Waals surface area contributed by atoms with Gasteiger partial charge >= 0.3 is 0 Å². The van der Waals surface area contributed by atoms with E-state index in [9.17, 15) is 5.11 Å². The quantitative estimate of drug-likeness (QED) is 0.497. The molecular weight excluding hydrogens is 364 g/mol. The highest BCUT2D eigenvalue weighted by atomic mass is 16.5. The largest absolute Gasteiger partial charge is 0.383 e. The Kier molecular flexibility index (Phi) is 8.40. The van der Waals surface area contributed by atoms with Crippen molar-refractivity contribution in [1.29, 1.82) is 0 Å². The first kappa shape index (κ1) is 21.2. The summed E-state index contributed by atoms with van der Waals surface area (Å²) in [6.07, 6.45) is 0. The van der Waals surface area contributed by atoms with Gasteiger partial charge in [0, 0.05) is 0 Å². The van der Waals surface area contributed by atoms with Crippen molar-refractivity contribution in [3.63, 3.8) is 0 Å². The maximum absolute atomic E-state index is 11.1. The van der Waals surface area contributed by atoms with Crippen LogP contribution in [-0.4, -0.2) is 30.5 Å². The van der Waals surface area contributed by atoms with Gasteiger partial charge in [0.1, 0.15) is 5.60 Å². The van der Waals surface area contributed by atoms with Crippen molar-refractivity contribution in [3.05, 3.63) is 108 Å². The smallest absolute Gasteiger partial charge is 0.134 e. The Labute approximate surface area is 172 Å². The Morgan fingerprint density at radius 3 is 1.03 bits per heavy atom. The van der Waals surface area contributed by atoms with Crippen LogP contribution in [0.4, 0.5) is 0 Å². The first-order chi connectivity index (χ1) is 14.2. The van der Waals surface area contributed by atoms with Crippen molar-refractivity contribution >= 4 is 0 Å². The van der Waals surface area contributed by atoms with Gasteiger partial charge in [0.25, 0.3) is 0 Å². The van der Waals surface area contributed by atoms with E-state index in [1.807, 2.05) is 91.0 Å². The Balaban J connectivity index is 1.51. The second-order valence-corrected chi connectivity index (χ2v) is 7.16. The number of aliphatic hydroxyl groups is 1. The van der Waals surface area contributed by atoms with Gasteiger partial charge in [-0.05, 0) is 16.7 Å². The highest BCUT2D eigenvalue weighted by molar-refractivity contribution is 5.15. The summed E-state index contributed by atoms with van der Waals surface area (Å²) in [4.78, 5) is 0. The van der Waals surface area contributed by atoms with E-state index in [0.29, 0.717) is 19.8 Å². The van der Waals surface area contributed by atoms with Crippen LogP contribution in [0, 0.1) is 0 Å². The van der Waals surface area contributed by atoms with E-state index in [1.54, 1.807) is 0 Å². The Morgan fingerprint density at radius 2 is 0.759 bits per heavy atom. The minimum absolute atomic E-state index is 0.130. The average molecular weight is 392 g/mol. The van der Waals surface area contributed by atoms with Crippen LogP contribution in [0.5, 0.6) is 0 Å². The Bertz CT molecular complexity index is 695. The van der Waals surface area contributed by atoms with Crippen LogP contribution in [-0.2, 0) is 34.0 Å². The molecule has 0 saturated carbocycles. The van der Waals surface area contributed by atoms with E-state index < -0.39 is 5.60 Å². The van der Waals surface area contributed by atoms with Crippen molar-refractivity contribution in [2.24, 2.45) is 0 Å². The number of ether oxygens (including phenoxy) is 3. The minimum atomic E-state index is -1.22. The van der Waals surface area contributed by atoms with Gasteiger partial charge in [-0.25, -0.2) is 0 Å². The molecule has 152 valence electrons. The summed E-state index contributed by atoms with van der Waals surface area (Å²) >= 11 is 0. The maximum Gasteiger partial charge on any atom is 0.134 e. The fourth-order valence-electron chi connectivity index (χ4n) is 2.92. The van der Waals surface area contributed by atoms with Crippen molar-refractivity contribution in [2.45, 2.75) is 25.4 Å². The van der Waals surface area contributed by atoms with Crippen LogP contribution in [0.15, 0.2) is 91.0 Å². The molecule has 0 amide bonds. The standard InChI is InChI=1S/C25H28O4/c26-25(19-27-16-22-10-4-1-5-11-22,20-28-17-23-12-6-2-7-13-23)21-29-18-24-14-8-3-9-15-24/h1-15,26H,16-21H2. The normalized spacial score (nSPS) is 11.5. The maximum atomic E-state index is 11.1. The molecule has 0 aliphatic heterocycles. The summed E-state index contributed by atoms with van der Waals surface area (Å²) < 4.78 is 17.3. The third kappa shape index (κ3) is 7.80. The summed E-state index contributed by atoms with van der Waals surface area (Å²) in [5.74, 6) is 0. The third-order valence-electron chi connectivity index (χ3n) is 4.45. The molecule has 0 heterocycles. The van der Waals surface area contributed by atoms with Gasteiger partial charge in [0.15, 0.2) is 0 Å². The molecule has 0 fully saturated rings. The minimum Gasteiger partial charge on any atom is -0.383 e. The van der Waals surface area contributed by atoms with Gasteiger partial charge in [0.2, 0.25) is 0 Å². The molecule has 29 heavy (non-hydrogen) atoms. The zero-order chi connectivity index (χ0) is 20.2. The van der Waals surface area contributed by atoms with Crippen LogP contribution < -0.4 is 0 Å². The lowest BCUT2D eigenvalue weighted by atomic mass is 10.1. The van der Waals surface area contributed by atoms with E-state index in [4.69, 9.17) is 14.2 Å². The average Bonchev–Trinajstić information content (AvgIpc) is 2.76. The fourth-order valence-corrected chi connectivity index (χ4v) is 2.92. The molecule has 0 atom stereocenters. The molecule has 4 heteroatoms. The lowest BCUT2D eigenvalue weighted by Gasteiger charge is -2.27. The van der Waals surface area contributed by atoms with Crippen LogP contribution in [0.1, 0.15) is 16.7 Å². The molecular formula is C25H28O4. The Morgan fingerprint density at radius 1 is 0.483 bits per heavy atom. The monoisotopic (exact) mass is 392 g/mol. The molecule has 3 aromatic rings. The molecule has 0 unspecified atom stereocenters. The van der Waals surface area contributed by atoms with Crippen LogP contribution >= 0.6 is 0 Å². The first-order valence-electron chi connectivity index (χ1n) is 9.81. The SMILES string of the molecule is OC(COCc1ccccc1)(COCc1ccccc1)COCc1ccccc1. The van der Waals surface area contributed by atoms with Crippen LogP contribution in [0.2, 0.25) is 0 Å². The summed E-state index contributed by atoms with van der Waals surface area (Å²) in [7, 11) is 0. The highest BCUT2D eigenvalue weighted by Crippen LogP contribution is 2.13. The molecule has 0 radical (unpaired) electrons. The second kappa shape index (κ2) is 11.5. The van der Waals surface area contributed by atoms with Gasteiger partial charge in [-0.3, -0.25) is 0 Å². The van der Waals surface area contributed by atoms with E-state index in [-0.39, 0.29) is 19.8 Å². The summed E-state index contributed by atoms with van der Waals surface area (Å²) in [6.45, 7) is 1.68. The summed E-state index contributed by atoms with van der Waals surface area (Å²) in [5.41, 5.74) is 1.96. The van der Waals surface area contributed by atoms with Gasteiger partial charge in [-0.1, -0.05) is 91.0 Å². The molecule has 0 aliphatic rings. The predicted molar refractivity (Wildman–Crippen MR) is 113 cm³/mol. The number of rotatable bonds is 12. The predicted octanol–water partition coefficient (Wildman–Crippen LogP) is 4.37.